The quantitative estimate of drug-likeness (QED) is 0.445. The van der Waals surface area contributed by atoms with E-state index >= 15 is 0 Å². The first-order valence-electron chi connectivity index (χ1n) is 2.89. The number of rotatable bonds is 2. The van der Waals surface area contributed by atoms with Crippen LogP contribution in [0.3, 0.4) is 0 Å². The number of carbonyl (C=O) groups excluding carboxylic acids is 1. The van der Waals surface area contributed by atoms with Crippen LogP contribution in [0.1, 0.15) is 10.5 Å². The third-order valence-electron chi connectivity index (χ3n) is 1.25. The Hall–Kier alpha value is -1.38. The van der Waals surface area contributed by atoms with E-state index in [0.717, 1.165) is 0 Å². The maximum Gasteiger partial charge on any atom is 0.203 e. The highest BCUT2D eigenvalue weighted by Crippen LogP contribution is 1.97. The van der Waals surface area contributed by atoms with E-state index in [-0.39, 0.29) is 5.78 Å². The van der Waals surface area contributed by atoms with Crippen LogP contribution in [0.15, 0.2) is 25.2 Å². The zero-order valence-corrected chi connectivity index (χ0v) is 5.74. The molecule has 1 rings (SSSR count). The molecule has 0 aliphatic rings. The molecule has 3 heteroatoms. The topological polar surface area (TPSA) is 34.9 Å². The summed E-state index contributed by atoms with van der Waals surface area (Å²) in [6.07, 6.45) is 4.37. The van der Waals surface area contributed by atoms with Gasteiger partial charge < -0.3 is 4.57 Å². The summed E-state index contributed by atoms with van der Waals surface area (Å²) in [5, 5.41) is 0. The maximum atomic E-state index is 10.9. The second-order valence-electron chi connectivity index (χ2n) is 1.96. The Morgan fingerprint density at radius 1 is 1.90 bits per heavy atom. The fourth-order valence-electron chi connectivity index (χ4n) is 0.699. The number of aromatic nitrogens is 2. The van der Waals surface area contributed by atoms with Gasteiger partial charge in [-0.05, 0) is 6.08 Å². The van der Waals surface area contributed by atoms with Crippen molar-refractivity contribution in [2.75, 3.05) is 0 Å². The highest BCUT2D eigenvalue weighted by molar-refractivity contribution is 6.02. The van der Waals surface area contributed by atoms with E-state index in [1.54, 1.807) is 17.9 Å². The molecule has 1 aromatic heterocycles. The van der Waals surface area contributed by atoms with Gasteiger partial charge in [0.25, 0.3) is 0 Å². The van der Waals surface area contributed by atoms with Gasteiger partial charge >= 0.3 is 0 Å². The SMILES string of the molecule is C=CC(=O)c1cncn1C. The molecule has 52 valence electrons. The summed E-state index contributed by atoms with van der Waals surface area (Å²) in [6, 6.07) is 0. The molecule has 0 saturated carbocycles. The van der Waals surface area contributed by atoms with Crippen molar-refractivity contribution in [3.05, 3.63) is 30.9 Å². The minimum absolute atomic E-state index is 0.0972. The number of nitrogens with zero attached hydrogens (tertiary/aromatic N) is 2. The van der Waals surface area contributed by atoms with Crippen LogP contribution in [0, 0.1) is 0 Å². The zero-order chi connectivity index (χ0) is 7.56. The minimum Gasteiger partial charge on any atom is -0.331 e. The van der Waals surface area contributed by atoms with Gasteiger partial charge in [-0.25, -0.2) is 4.98 Å². The van der Waals surface area contributed by atoms with E-state index < -0.39 is 0 Å². The van der Waals surface area contributed by atoms with E-state index in [1.807, 2.05) is 0 Å². The van der Waals surface area contributed by atoms with E-state index in [2.05, 4.69) is 11.6 Å². The Morgan fingerprint density at radius 3 is 3.00 bits per heavy atom. The van der Waals surface area contributed by atoms with Crippen molar-refractivity contribution < 1.29 is 4.79 Å². The van der Waals surface area contributed by atoms with Crippen LogP contribution < -0.4 is 0 Å². The number of hydrogen-bond acceptors (Lipinski definition) is 2. The summed E-state index contributed by atoms with van der Waals surface area (Å²) in [7, 11) is 1.77. The molecule has 10 heavy (non-hydrogen) atoms. The predicted molar refractivity (Wildman–Crippen MR) is 37.7 cm³/mol. The van der Waals surface area contributed by atoms with Crippen LogP contribution in [0.25, 0.3) is 0 Å². The standard InChI is InChI=1S/C7H8N2O/c1-3-7(10)6-4-8-5-9(6)2/h3-5H,1H2,2H3. The number of aryl methyl sites for hydroxylation is 1. The Balaban J connectivity index is 3.04. The summed E-state index contributed by atoms with van der Waals surface area (Å²) < 4.78 is 1.66. The lowest BCUT2D eigenvalue weighted by Gasteiger charge is -1.93. The van der Waals surface area contributed by atoms with Crippen LogP contribution in [-0.2, 0) is 7.05 Å². The lowest BCUT2D eigenvalue weighted by atomic mass is 10.3. The molecular formula is C7H8N2O. The van der Waals surface area contributed by atoms with Crippen molar-refractivity contribution in [3.8, 4) is 0 Å². The maximum absolute atomic E-state index is 10.9. The van der Waals surface area contributed by atoms with Crippen molar-refractivity contribution in [1.82, 2.24) is 9.55 Å². The van der Waals surface area contributed by atoms with Gasteiger partial charge in [0, 0.05) is 7.05 Å². The first kappa shape index (κ1) is 6.74. The number of imidazole rings is 1. The molecule has 0 bridgehead atoms. The molecule has 1 aromatic rings. The van der Waals surface area contributed by atoms with E-state index in [4.69, 9.17) is 0 Å². The molecule has 0 aliphatic heterocycles. The number of carbonyl (C=O) groups is 1. The molecule has 0 N–H and O–H groups in total. The second kappa shape index (κ2) is 2.47. The van der Waals surface area contributed by atoms with Gasteiger partial charge in [0.2, 0.25) is 5.78 Å². The molecule has 0 atom stereocenters. The fourth-order valence-corrected chi connectivity index (χ4v) is 0.699. The van der Waals surface area contributed by atoms with Crippen LogP contribution in [0.2, 0.25) is 0 Å². The Bertz CT molecular complexity index is 262. The normalized spacial score (nSPS) is 9.30. The molecule has 3 nitrogen and oxygen atoms in total. The van der Waals surface area contributed by atoms with E-state index in [9.17, 15) is 4.79 Å². The molecule has 0 spiro atoms. The van der Waals surface area contributed by atoms with Gasteiger partial charge in [-0.2, -0.15) is 0 Å². The van der Waals surface area contributed by atoms with Crippen molar-refractivity contribution in [3.63, 3.8) is 0 Å². The molecule has 0 fully saturated rings. The van der Waals surface area contributed by atoms with Crippen LogP contribution in [0.5, 0.6) is 0 Å². The summed E-state index contributed by atoms with van der Waals surface area (Å²) in [5.74, 6) is -0.0972. The molecule has 0 aromatic carbocycles. The van der Waals surface area contributed by atoms with Gasteiger partial charge in [-0.3, -0.25) is 4.79 Å². The van der Waals surface area contributed by atoms with Crippen molar-refractivity contribution in [2.45, 2.75) is 0 Å². The van der Waals surface area contributed by atoms with Crippen molar-refractivity contribution in [2.24, 2.45) is 7.05 Å². The summed E-state index contributed by atoms with van der Waals surface area (Å²) in [4.78, 5) is 14.7. The first-order chi connectivity index (χ1) is 4.75. The largest absolute Gasteiger partial charge is 0.331 e. The third kappa shape index (κ3) is 0.978. The van der Waals surface area contributed by atoms with Gasteiger partial charge in [-0.15, -0.1) is 0 Å². The Morgan fingerprint density at radius 2 is 2.60 bits per heavy atom. The van der Waals surface area contributed by atoms with Crippen LogP contribution in [-0.4, -0.2) is 15.3 Å². The molecule has 0 saturated heterocycles. The van der Waals surface area contributed by atoms with Gasteiger partial charge in [0.1, 0.15) is 5.69 Å². The highest BCUT2D eigenvalue weighted by atomic mass is 16.1. The van der Waals surface area contributed by atoms with Gasteiger partial charge in [0.15, 0.2) is 0 Å². The summed E-state index contributed by atoms with van der Waals surface area (Å²) >= 11 is 0. The second-order valence-corrected chi connectivity index (χ2v) is 1.96. The van der Waals surface area contributed by atoms with Crippen molar-refractivity contribution in [1.29, 1.82) is 0 Å². The number of ketones is 1. The lowest BCUT2D eigenvalue weighted by molar-refractivity contribution is 0.104. The van der Waals surface area contributed by atoms with E-state index in [1.165, 1.54) is 12.3 Å². The number of hydrogen-bond donors (Lipinski definition) is 0. The van der Waals surface area contributed by atoms with Crippen molar-refractivity contribution >= 4 is 5.78 Å². The van der Waals surface area contributed by atoms with Crippen LogP contribution >= 0.6 is 0 Å². The Labute approximate surface area is 59.0 Å². The number of allylic oxidation sites excluding steroid dienone is 1. The smallest absolute Gasteiger partial charge is 0.203 e. The molecular weight excluding hydrogens is 128 g/mol. The molecule has 0 unspecified atom stereocenters. The predicted octanol–water partition coefficient (Wildman–Crippen LogP) is 0.789. The van der Waals surface area contributed by atoms with Gasteiger partial charge in [0.05, 0.1) is 12.5 Å². The summed E-state index contributed by atoms with van der Waals surface area (Å²) in [5.41, 5.74) is 0.565. The molecule has 0 amide bonds. The molecule has 1 heterocycles. The average molecular weight is 136 g/mol. The van der Waals surface area contributed by atoms with Gasteiger partial charge in [-0.1, -0.05) is 6.58 Å². The minimum atomic E-state index is -0.0972. The monoisotopic (exact) mass is 136 g/mol. The molecule has 0 radical (unpaired) electrons. The zero-order valence-electron chi connectivity index (χ0n) is 5.74. The lowest BCUT2D eigenvalue weighted by Crippen LogP contribution is -2.00. The fraction of sp³-hybridized carbons (Fsp3) is 0.143. The molecule has 0 aliphatic carbocycles. The average Bonchev–Trinajstić information content (AvgIpc) is 2.34. The summed E-state index contributed by atoms with van der Waals surface area (Å²) in [6.45, 7) is 3.37. The Kier molecular flexibility index (Phi) is 1.67. The third-order valence-corrected chi connectivity index (χ3v) is 1.25. The van der Waals surface area contributed by atoms with E-state index in [0.29, 0.717) is 5.69 Å². The first-order valence-corrected chi connectivity index (χ1v) is 2.89. The highest BCUT2D eigenvalue weighted by Gasteiger charge is 2.03. The van der Waals surface area contributed by atoms with Crippen LogP contribution in [0.4, 0.5) is 0 Å².